The van der Waals surface area contributed by atoms with E-state index in [1.54, 1.807) is 0 Å². The average molecular weight is 298 g/mol. The molecule has 18 heavy (non-hydrogen) atoms. The third-order valence-electron chi connectivity index (χ3n) is 2.61. The maximum atomic E-state index is 9.87. The molecule has 110 valence electrons. The summed E-state index contributed by atoms with van der Waals surface area (Å²) in [6.45, 7) is 5.15. The average Bonchev–Trinajstić information content (AvgIpc) is 2.71. The Labute approximate surface area is 101 Å². The molecule has 0 atom stereocenters. The monoisotopic (exact) mass is 298 g/mol. The van der Waals surface area contributed by atoms with E-state index in [2.05, 4.69) is 15.8 Å². The molecule has 0 N–H and O–H groups in total. The molecule has 0 aromatic carbocycles. The van der Waals surface area contributed by atoms with Gasteiger partial charge < -0.3 is 0 Å². The first-order valence-electron chi connectivity index (χ1n) is 5.80. The Balaban J connectivity index is 0.000000203. The van der Waals surface area contributed by atoms with Gasteiger partial charge in [-0.05, 0) is 25.7 Å². The molecule has 0 aromatic heterocycles. The molecule has 2 nitrogen and oxygen atoms in total. The van der Waals surface area contributed by atoms with Crippen LogP contribution in [0, 0.1) is 0 Å². The number of nitrogens with zero attached hydrogens (tertiary/aromatic N) is 2. The van der Waals surface area contributed by atoms with Crippen molar-refractivity contribution < 1.29 is 29.8 Å². The van der Waals surface area contributed by atoms with Crippen LogP contribution in [0.25, 0.3) is 0 Å². The summed E-state index contributed by atoms with van der Waals surface area (Å²) in [7, 11) is -10.7. The van der Waals surface area contributed by atoms with Crippen molar-refractivity contribution >= 4 is 14.1 Å². The van der Waals surface area contributed by atoms with Gasteiger partial charge in [-0.15, -0.1) is 0 Å². The standard InChI is InChI=1S/C9H17N2.F6P/c1-2-6-10(5-1)9-11-7-3-4-8-11;1-7(2,3,4,5)6/h9H,1-8H2;/q+1;-1. The number of halogens is 6. The van der Waals surface area contributed by atoms with Gasteiger partial charge in [-0.2, -0.15) is 0 Å². The second kappa shape index (κ2) is 4.54. The van der Waals surface area contributed by atoms with Gasteiger partial charge in [-0.3, -0.25) is 9.48 Å². The molecule has 2 saturated heterocycles. The van der Waals surface area contributed by atoms with Crippen LogP contribution in [0.1, 0.15) is 25.7 Å². The number of rotatable bonds is 1. The molecular weight excluding hydrogens is 281 g/mol. The molecule has 0 aromatic rings. The van der Waals surface area contributed by atoms with E-state index in [1.165, 1.54) is 51.9 Å². The Hall–Kier alpha value is -0.520. The minimum atomic E-state index is -10.7. The molecule has 2 aliphatic rings. The van der Waals surface area contributed by atoms with Gasteiger partial charge in [0.25, 0.3) is 0 Å². The Kier molecular flexibility index (Phi) is 3.92. The van der Waals surface area contributed by atoms with Gasteiger partial charge in [0.2, 0.25) is 6.34 Å². The third-order valence-corrected chi connectivity index (χ3v) is 2.61. The van der Waals surface area contributed by atoms with Gasteiger partial charge in [0, 0.05) is 0 Å². The van der Waals surface area contributed by atoms with Gasteiger partial charge in [0.15, 0.2) is 0 Å². The van der Waals surface area contributed by atoms with Gasteiger partial charge >= 0.3 is 33.0 Å². The van der Waals surface area contributed by atoms with Crippen molar-refractivity contribution in [3.8, 4) is 0 Å². The molecule has 2 rings (SSSR count). The SMILES string of the molecule is C(N1CCCC1)=[N+]1CCCC1.F[P-](F)(F)(F)(F)F. The Bertz CT molecular complexity index is 296. The van der Waals surface area contributed by atoms with E-state index in [4.69, 9.17) is 0 Å². The van der Waals surface area contributed by atoms with Crippen LogP contribution >= 0.6 is 7.81 Å². The predicted octanol–water partition coefficient (Wildman–Crippen LogP) is 4.30. The van der Waals surface area contributed by atoms with Gasteiger partial charge in [0.05, 0.1) is 26.2 Å². The zero-order chi connectivity index (χ0) is 13.9. The van der Waals surface area contributed by atoms with Crippen molar-refractivity contribution in [1.82, 2.24) is 4.90 Å². The fourth-order valence-corrected chi connectivity index (χ4v) is 1.95. The van der Waals surface area contributed by atoms with Crippen molar-refractivity contribution in [3.05, 3.63) is 0 Å². The fraction of sp³-hybridized carbons (Fsp3) is 0.889. The van der Waals surface area contributed by atoms with Gasteiger partial charge in [-0.25, -0.2) is 0 Å². The first-order chi connectivity index (χ1) is 7.90. The third kappa shape index (κ3) is 10.6. The first-order valence-corrected chi connectivity index (χ1v) is 7.82. The summed E-state index contributed by atoms with van der Waals surface area (Å²) in [5.41, 5.74) is 0. The van der Waals surface area contributed by atoms with Gasteiger partial charge in [0.1, 0.15) is 0 Å². The molecule has 0 saturated carbocycles. The molecule has 0 unspecified atom stereocenters. The summed E-state index contributed by atoms with van der Waals surface area (Å²) in [5, 5.41) is 0. The van der Waals surface area contributed by atoms with Gasteiger partial charge in [-0.1, -0.05) is 0 Å². The zero-order valence-electron chi connectivity index (χ0n) is 9.84. The Morgan fingerprint density at radius 1 is 0.778 bits per heavy atom. The Morgan fingerprint density at radius 3 is 1.56 bits per heavy atom. The van der Waals surface area contributed by atoms with E-state index in [9.17, 15) is 25.2 Å². The van der Waals surface area contributed by atoms with E-state index in [-0.39, 0.29) is 0 Å². The maximum absolute atomic E-state index is 10.7. The summed E-state index contributed by atoms with van der Waals surface area (Å²) in [5.74, 6) is 0. The van der Waals surface area contributed by atoms with E-state index >= 15 is 0 Å². The number of likely N-dealkylation sites (tertiary alicyclic amines) is 1. The van der Waals surface area contributed by atoms with Crippen molar-refractivity contribution in [2.24, 2.45) is 0 Å². The van der Waals surface area contributed by atoms with Crippen LogP contribution in [0.3, 0.4) is 0 Å². The van der Waals surface area contributed by atoms with Crippen LogP contribution in [0.5, 0.6) is 0 Å². The molecular formula is C9H17F6N2P. The van der Waals surface area contributed by atoms with E-state index < -0.39 is 7.81 Å². The summed E-state index contributed by atoms with van der Waals surface area (Å²) >= 11 is 0. The zero-order valence-corrected chi connectivity index (χ0v) is 10.7. The van der Waals surface area contributed by atoms with Crippen LogP contribution in [-0.4, -0.2) is 42.0 Å². The van der Waals surface area contributed by atoms with E-state index in [0.717, 1.165) is 0 Å². The normalized spacial score (nSPS) is 24.1. The van der Waals surface area contributed by atoms with Crippen LogP contribution < -0.4 is 0 Å². The summed E-state index contributed by atoms with van der Waals surface area (Å²) < 4.78 is 61.7. The fourth-order valence-electron chi connectivity index (χ4n) is 1.95. The number of hydrogen-bond acceptors (Lipinski definition) is 0. The van der Waals surface area contributed by atoms with Crippen LogP contribution in [0.4, 0.5) is 25.2 Å². The molecule has 2 aliphatic heterocycles. The first kappa shape index (κ1) is 15.5. The summed E-state index contributed by atoms with van der Waals surface area (Å²) in [4.78, 5) is 2.46. The van der Waals surface area contributed by atoms with Crippen LogP contribution in [-0.2, 0) is 0 Å². The van der Waals surface area contributed by atoms with Crippen molar-refractivity contribution in [2.45, 2.75) is 25.7 Å². The van der Waals surface area contributed by atoms with Crippen molar-refractivity contribution in [3.63, 3.8) is 0 Å². The molecule has 0 radical (unpaired) electrons. The molecule has 0 amide bonds. The molecule has 0 aliphatic carbocycles. The quantitative estimate of drug-likeness (QED) is 0.303. The topological polar surface area (TPSA) is 6.25 Å². The predicted molar refractivity (Wildman–Crippen MR) is 59.7 cm³/mol. The van der Waals surface area contributed by atoms with E-state index in [1.807, 2.05) is 0 Å². The minimum absolute atomic E-state index is 1.29. The molecule has 0 spiro atoms. The molecule has 2 fully saturated rings. The number of hydrogen-bond donors (Lipinski definition) is 0. The van der Waals surface area contributed by atoms with E-state index in [0.29, 0.717) is 0 Å². The molecule has 9 heteroatoms. The van der Waals surface area contributed by atoms with Crippen LogP contribution in [0.15, 0.2) is 0 Å². The van der Waals surface area contributed by atoms with Crippen molar-refractivity contribution in [2.75, 3.05) is 26.2 Å². The molecule has 0 bridgehead atoms. The summed E-state index contributed by atoms with van der Waals surface area (Å²) in [6.07, 6.45) is 7.92. The summed E-state index contributed by atoms with van der Waals surface area (Å²) in [6, 6.07) is 0. The second-order valence-corrected chi connectivity index (χ2v) is 6.48. The molecule has 2 heterocycles. The Morgan fingerprint density at radius 2 is 1.17 bits per heavy atom. The second-order valence-electron chi connectivity index (χ2n) is 4.56. The van der Waals surface area contributed by atoms with Crippen molar-refractivity contribution in [1.29, 1.82) is 0 Å². The van der Waals surface area contributed by atoms with Crippen LogP contribution in [0.2, 0.25) is 0 Å².